The zero-order valence-corrected chi connectivity index (χ0v) is 11.7. The summed E-state index contributed by atoms with van der Waals surface area (Å²) in [5.41, 5.74) is 1.14. The van der Waals surface area contributed by atoms with Gasteiger partial charge in [-0.3, -0.25) is 4.79 Å². The first-order valence-electron chi connectivity index (χ1n) is 5.69. The highest BCUT2D eigenvalue weighted by Crippen LogP contribution is 2.20. The molecule has 0 saturated heterocycles. The van der Waals surface area contributed by atoms with Gasteiger partial charge in [-0.25, -0.2) is 0 Å². The SMILES string of the molecule is CC(O)CNC(=O)CC(C)c1ccc(Br)cc1. The zero-order chi connectivity index (χ0) is 12.8. The molecule has 0 aliphatic carbocycles. The maximum Gasteiger partial charge on any atom is 0.220 e. The molecular weight excluding hydrogens is 282 g/mol. The number of carbonyl (C=O) groups excluding carboxylic acids is 1. The molecule has 0 bridgehead atoms. The van der Waals surface area contributed by atoms with E-state index in [1.54, 1.807) is 6.92 Å². The van der Waals surface area contributed by atoms with E-state index in [1.165, 1.54) is 0 Å². The third kappa shape index (κ3) is 5.33. The van der Waals surface area contributed by atoms with Crippen molar-refractivity contribution in [3.05, 3.63) is 34.3 Å². The summed E-state index contributed by atoms with van der Waals surface area (Å²) < 4.78 is 1.03. The van der Waals surface area contributed by atoms with E-state index in [0.29, 0.717) is 13.0 Å². The fourth-order valence-corrected chi connectivity index (χ4v) is 1.79. The number of aliphatic hydroxyl groups excluding tert-OH is 1. The second-order valence-electron chi connectivity index (χ2n) is 4.31. The van der Waals surface area contributed by atoms with Gasteiger partial charge in [0.05, 0.1) is 6.10 Å². The first kappa shape index (κ1) is 14.2. The number of halogens is 1. The lowest BCUT2D eigenvalue weighted by Crippen LogP contribution is -2.31. The molecule has 2 unspecified atom stereocenters. The van der Waals surface area contributed by atoms with E-state index in [1.807, 2.05) is 31.2 Å². The molecule has 1 amide bonds. The average Bonchev–Trinajstić information content (AvgIpc) is 2.27. The molecule has 0 spiro atoms. The average molecular weight is 300 g/mol. The van der Waals surface area contributed by atoms with Crippen molar-refractivity contribution >= 4 is 21.8 Å². The Morgan fingerprint density at radius 2 is 1.94 bits per heavy atom. The van der Waals surface area contributed by atoms with Gasteiger partial charge in [-0.2, -0.15) is 0 Å². The van der Waals surface area contributed by atoms with Crippen LogP contribution in [0.25, 0.3) is 0 Å². The Hall–Kier alpha value is -0.870. The largest absolute Gasteiger partial charge is 0.392 e. The summed E-state index contributed by atoms with van der Waals surface area (Å²) >= 11 is 3.38. The summed E-state index contributed by atoms with van der Waals surface area (Å²) in [5, 5.41) is 11.8. The Morgan fingerprint density at radius 1 is 1.35 bits per heavy atom. The molecule has 0 aliphatic rings. The van der Waals surface area contributed by atoms with Crippen molar-refractivity contribution < 1.29 is 9.90 Å². The Bertz CT molecular complexity index is 362. The fraction of sp³-hybridized carbons (Fsp3) is 0.462. The number of aliphatic hydroxyl groups is 1. The van der Waals surface area contributed by atoms with Gasteiger partial charge in [-0.05, 0) is 30.5 Å². The highest BCUT2D eigenvalue weighted by molar-refractivity contribution is 9.10. The maximum absolute atomic E-state index is 11.6. The maximum atomic E-state index is 11.6. The molecule has 4 heteroatoms. The van der Waals surface area contributed by atoms with Gasteiger partial charge in [0.1, 0.15) is 0 Å². The van der Waals surface area contributed by atoms with E-state index in [9.17, 15) is 4.79 Å². The van der Waals surface area contributed by atoms with Crippen LogP contribution in [0.2, 0.25) is 0 Å². The second kappa shape index (κ2) is 6.77. The highest BCUT2D eigenvalue weighted by atomic mass is 79.9. The predicted molar refractivity (Wildman–Crippen MR) is 71.9 cm³/mol. The Morgan fingerprint density at radius 3 is 2.47 bits per heavy atom. The molecule has 0 heterocycles. The molecule has 0 radical (unpaired) electrons. The van der Waals surface area contributed by atoms with E-state index >= 15 is 0 Å². The van der Waals surface area contributed by atoms with E-state index in [2.05, 4.69) is 21.2 Å². The van der Waals surface area contributed by atoms with Crippen molar-refractivity contribution in [2.24, 2.45) is 0 Å². The quantitative estimate of drug-likeness (QED) is 0.877. The fourth-order valence-electron chi connectivity index (χ4n) is 1.52. The third-order valence-electron chi connectivity index (χ3n) is 2.53. The summed E-state index contributed by atoms with van der Waals surface area (Å²) in [5.74, 6) is 0.151. The minimum atomic E-state index is -0.498. The minimum absolute atomic E-state index is 0.0266. The van der Waals surface area contributed by atoms with Gasteiger partial charge in [0.25, 0.3) is 0 Å². The molecule has 1 aromatic rings. The monoisotopic (exact) mass is 299 g/mol. The lowest BCUT2D eigenvalue weighted by Gasteiger charge is -2.13. The van der Waals surface area contributed by atoms with Crippen molar-refractivity contribution in [2.45, 2.75) is 32.3 Å². The molecule has 3 nitrogen and oxygen atoms in total. The molecule has 2 N–H and O–H groups in total. The molecule has 0 saturated carbocycles. The zero-order valence-electron chi connectivity index (χ0n) is 10.1. The van der Waals surface area contributed by atoms with Crippen molar-refractivity contribution in [3.63, 3.8) is 0 Å². The third-order valence-corrected chi connectivity index (χ3v) is 3.05. The Balaban J connectivity index is 2.46. The van der Waals surface area contributed by atoms with Crippen molar-refractivity contribution in [1.82, 2.24) is 5.32 Å². The molecule has 0 aromatic heterocycles. The van der Waals surface area contributed by atoms with Crippen LogP contribution in [0.1, 0.15) is 31.7 Å². The normalized spacial score (nSPS) is 14.1. The van der Waals surface area contributed by atoms with Gasteiger partial charge in [-0.15, -0.1) is 0 Å². The summed E-state index contributed by atoms with van der Waals surface area (Å²) in [7, 11) is 0. The lowest BCUT2D eigenvalue weighted by atomic mass is 9.97. The highest BCUT2D eigenvalue weighted by Gasteiger charge is 2.11. The number of benzene rings is 1. The minimum Gasteiger partial charge on any atom is -0.392 e. The molecule has 2 atom stereocenters. The summed E-state index contributed by atoms with van der Waals surface area (Å²) in [6.07, 6.45) is -0.0594. The van der Waals surface area contributed by atoms with E-state index < -0.39 is 6.10 Å². The van der Waals surface area contributed by atoms with Crippen LogP contribution in [-0.2, 0) is 4.79 Å². The van der Waals surface area contributed by atoms with E-state index in [0.717, 1.165) is 10.0 Å². The molecule has 94 valence electrons. The van der Waals surface area contributed by atoms with Crippen LogP contribution in [0.4, 0.5) is 0 Å². The Kier molecular flexibility index (Phi) is 5.65. The van der Waals surface area contributed by atoms with Crippen molar-refractivity contribution in [3.8, 4) is 0 Å². The first-order valence-corrected chi connectivity index (χ1v) is 6.48. The predicted octanol–water partition coefficient (Wildman–Crippen LogP) is 2.44. The van der Waals surface area contributed by atoms with Crippen LogP contribution in [0, 0.1) is 0 Å². The van der Waals surface area contributed by atoms with Gasteiger partial charge in [-0.1, -0.05) is 35.0 Å². The van der Waals surface area contributed by atoms with E-state index in [4.69, 9.17) is 5.11 Å². The number of nitrogens with one attached hydrogen (secondary N) is 1. The number of hydrogen-bond acceptors (Lipinski definition) is 2. The number of rotatable bonds is 5. The van der Waals surface area contributed by atoms with Gasteiger partial charge >= 0.3 is 0 Å². The topological polar surface area (TPSA) is 49.3 Å². The molecule has 0 aliphatic heterocycles. The van der Waals surface area contributed by atoms with Crippen LogP contribution in [-0.4, -0.2) is 23.7 Å². The van der Waals surface area contributed by atoms with Crippen molar-refractivity contribution in [1.29, 1.82) is 0 Å². The molecular formula is C13H18BrNO2. The first-order chi connectivity index (χ1) is 7.99. The summed E-state index contributed by atoms with van der Waals surface area (Å²) in [4.78, 5) is 11.6. The van der Waals surface area contributed by atoms with Crippen LogP contribution in [0.5, 0.6) is 0 Å². The summed E-state index contributed by atoms with van der Waals surface area (Å²) in [6, 6.07) is 7.96. The van der Waals surface area contributed by atoms with Crippen LogP contribution < -0.4 is 5.32 Å². The molecule has 0 fully saturated rings. The van der Waals surface area contributed by atoms with Crippen LogP contribution in [0.3, 0.4) is 0 Å². The molecule has 1 rings (SSSR count). The molecule has 1 aromatic carbocycles. The van der Waals surface area contributed by atoms with Crippen LogP contribution in [0.15, 0.2) is 28.7 Å². The van der Waals surface area contributed by atoms with Crippen LogP contribution >= 0.6 is 15.9 Å². The van der Waals surface area contributed by atoms with Gasteiger partial charge < -0.3 is 10.4 Å². The lowest BCUT2D eigenvalue weighted by molar-refractivity contribution is -0.121. The summed E-state index contributed by atoms with van der Waals surface area (Å²) in [6.45, 7) is 3.98. The van der Waals surface area contributed by atoms with Crippen molar-refractivity contribution in [2.75, 3.05) is 6.54 Å². The Labute approximate surface area is 110 Å². The van der Waals surface area contributed by atoms with Gasteiger partial charge in [0.15, 0.2) is 0 Å². The van der Waals surface area contributed by atoms with Gasteiger partial charge in [0, 0.05) is 17.4 Å². The number of hydrogen-bond donors (Lipinski definition) is 2. The van der Waals surface area contributed by atoms with Gasteiger partial charge in [0.2, 0.25) is 5.91 Å². The van der Waals surface area contributed by atoms with E-state index in [-0.39, 0.29) is 11.8 Å². The second-order valence-corrected chi connectivity index (χ2v) is 5.23. The smallest absolute Gasteiger partial charge is 0.220 e. The standard InChI is InChI=1S/C13H18BrNO2/c1-9(7-13(17)15-8-10(2)16)11-3-5-12(14)6-4-11/h3-6,9-10,16H,7-8H2,1-2H3,(H,15,17). The number of amides is 1. The molecule has 17 heavy (non-hydrogen) atoms. The number of carbonyl (C=O) groups is 1.